The molecule has 2 aromatic carbocycles. The number of carbonyl (C=O) groups excluding carboxylic acids is 1. The standard InChI is InChI=1S/C24H26F2N2O3S/c1-32-21-6-4-16(5-7-21)12-24(30)28-22(11-17-9-18(25)13-19(26)10-17)23(29)15-27-14-20-3-2-8-31-20/h2-10,13,22-23,27,29H,11-12,14-15H2,1H3,(H,28,30)/t22-,23-/m1/s1. The van der Waals surface area contributed by atoms with Gasteiger partial charge in [0.05, 0.1) is 31.4 Å². The molecule has 2 atom stereocenters. The molecule has 3 rings (SSSR count). The van der Waals surface area contributed by atoms with Gasteiger partial charge in [-0.2, -0.15) is 0 Å². The molecule has 0 spiro atoms. The van der Waals surface area contributed by atoms with Gasteiger partial charge >= 0.3 is 0 Å². The Morgan fingerprint density at radius 1 is 1.09 bits per heavy atom. The maximum Gasteiger partial charge on any atom is 0.224 e. The number of hydrogen-bond donors (Lipinski definition) is 3. The van der Waals surface area contributed by atoms with Crippen molar-refractivity contribution in [2.24, 2.45) is 0 Å². The summed E-state index contributed by atoms with van der Waals surface area (Å²) in [4.78, 5) is 13.8. The van der Waals surface area contributed by atoms with Gasteiger partial charge in [0.15, 0.2) is 0 Å². The largest absolute Gasteiger partial charge is 0.468 e. The number of thioether (sulfide) groups is 1. The predicted molar refractivity (Wildman–Crippen MR) is 120 cm³/mol. The second-order valence-corrected chi connectivity index (χ2v) is 8.34. The molecule has 0 unspecified atom stereocenters. The van der Waals surface area contributed by atoms with Crippen molar-refractivity contribution in [1.82, 2.24) is 10.6 Å². The summed E-state index contributed by atoms with van der Waals surface area (Å²) in [7, 11) is 0. The molecule has 3 aromatic rings. The zero-order chi connectivity index (χ0) is 22.9. The Labute approximate surface area is 190 Å². The first-order valence-corrected chi connectivity index (χ1v) is 11.4. The van der Waals surface area contributed by atoms with Crippen molar-refractivity contribution in [2.45, 2.75) is 36.4 Å². The van der Waals surface area contributed by atoms with Crippen LogP contribution in [-0.2, 0) is 24.2 Å². The van der Waals surface area contributed by atoms with Crippen molar-refractivity contribution in [3.8, 4) is 0 Å². The number of carbonyl (C=O) groups is 1. The maximum absolute atomic E-state index is 13.6. The van der Waals surface area contributed by atoms with Gasteiger partial charge in [-0.25, -0.2) is 8.78 Å². The number of aliphatic hydroxyl groups excluding tert-OH is 1. The average molecular weight is 461 g/mol. The maximum atomic E-state index is 13.6. The SMILES string of the molecule is CSc1ccc(CC(=O)N[C@H](Cc2cc(F)cc(F)c2)[C@H](O)CNCc2ccco2)cc1. The molecule has 1 heterocycles. The smallest absolute Gasteiger partial charge is 0.224 e. The molecular formula is C24H26F2N2O3S. The van der Waals surface area contributed by atoms with E-state index < -0.39 is 23.8 Å². The van der Waals surface area contributed by atoms with E-state index in [1.165, 1.54) is 12.1 Å². The Bertz CT molecular complexity index is 977. The minimum Gasteiger partial charge on any atom is -0.468 e. The fourth-order valence-electron chi connectivity index (χ4n) is 3.35. The van der Waals surface area contributed by atoms with E-state index >= 15 is 0 Å². The van der Waals surface area contributed by atoms with Gasteiger partial charge in [-0.15, -0.1) is 11.8 Å². The van der Waals surface area contributed by atoms with Crippen LogP contribution >= 0.6 is 11.8 Å². The Morgan fingerprint density at radius 2 is 1.81 bits per heavy atom. The van der Waals surface area contributed by atoms with Gasteiger partial charge in [0.25, 0.3) is 0 Å². The van der Waals surface area contributed by atoms with Crippen molar-refractivity contribution < 1.29 is 23.1 Å². The van der Waals surface area contributed by atoms with Crippen LogP contribution in [0.2, 0.25) is 0 Å². The van der Waals surface area contributed by atoms with Crippen LogP contribution in [0.5, 0.6) is 0 Å². The van der Waals surface area contributed by atoms with Crippen LogP contribution in [0.25, 0.3) is 0 Å². The van der Waals surface area contributed by atoms with E-state index in [1.807, 2.05) is 30.5 Å². The first-order valence-electron chi connectivity index (χ1n) is 10.2. The second kappa shape index (κ2) is 11.8. The number of furan rings is 1. The van der Waals surface area contributed by atoms with E-state index in [2.05, 4.69) is 10.6 Å². The monoisotopic (exact) mass is 460 g/mol. The lowest BCUT2D eigenvalue weighted by molar-refractivity contribution is -0.122. The molecule has 170 valence electrons. The van der Waals surface area contributed by atoms with E-state index in [4.69, 9.17) is 4.42 Å². The first kappa shape index (κ1) is 24.0. The molecule has 1 amide bonds. The Morgan fingerprint density at radius 3 is 2.44 bits per heavy atom. The molecule has 0 aliphatic carbocycles. The number of rotatable bonds is 11. The minimum atomic E-state index is -0.987. The summed E-state index contributed by atoms with van der Waals surface area (Å²) in [6.45, 7) is 0.562. The van der Waals surface area contributed by atoms with Gasteiger partial charge < -0.3 is 20.2 Å². The van der Waals surface area contributed by atoms with E-state index in [1.54, 1.807) is 30.2 Å². The molecule has 32 heavy (non-hydrogen) atoms. The third-order valence-electron chi connectivity index (χ3n) is 4.95. The van der Waals surface area contributed by atoms with Crippen molar-refractivity contribution in [2.75, 3.05) is 12.8 Å². The minimum absolute atomic E-state index is 0.0788. The number of halogens is 2. The number of nitrogens with one attached hydrogen (secondary N) is 2. The van der Waals surface area contributed by atoms with Gasteiger partial charge in [0.2, 0.25) is 5.91 Å². The normalized spacial score (nSPS) is 13.0. The van der Waals surface area contributed by atoms with Crippen molar-refractivity contribution >= 4 is 17.7 Å². The summed E-state index contributed by atoms with van der Waals surface area (Å²) >= 11 is 1.61. The topological polar surface area (TPSA) is 74.5 Å². The summed E-state index contributed by atoms with van der Waals surface area (Å²) in [5.41, 5.74) is 1.18. The molecule has 0 saturated carbocycles. The van der Waals surface area contributed by atoms with Crippen LogP contribution in [0.4, 0.5) is 8.78 Å². The molecule has 5 nitrogen and oxygen atoms in total. The van der Waals surface area contributed by atoms with E-state index in [-0.39, 0.29) is 25.3 Å². The molecule has 0 aliphatic heterocycles. The second-order valence-electron chi connectivity index (χ2n) is 7.46. The van der Waals surface area contributed by atoms with Crippen LogP contribution in [0.15, 0.2) is 70.2 Å². The zero-order valence-corrected chi connectivity index (χ0v) is 18.5. The molecule has 1 aromatic heterocycles. The highest BCUT2D eigenvalue weighted by Gasteiger charge is 2.22. The van der Waals surface area contributed by atoms with Crippen LogP contribution in [-0.4, -0.2) is 36.0 Å². The van der Waals surface area contributed by atoms with E-state index in [0.717, 1.165) is 16.5 Å². The number of hydrogen-bond acceptors (Lipinski definition) is 5. The van der Waals surface area contributed by atoms with E-state index in [0.29, 0.717) is 17.9 Å². The summed E-state index contributed by atoms with van der Waals surface area (Å²) < 4.78 is 32.5. The van der Waals surface area contributed by atoms with Gasteiger partial charge in [-0.1, -0.05) is 12.1 Å². The molecule has 0 saturated heterocycles. The van der Waals surface area contributed by atoms with Gasteiger partial charge in [-0.05, 0) is 60.2 Å². The lowest BCUT2D eigenvalue weighted by Crippen LogP contribution is -2.49. The Balaban J connectivity index is 1.65. The molecule has 3 N–H and O–H groups in total. The van der Waals surface area contributed by atoms with Crippen LogP contribution in [0.3, 0.4) is 0 Å². The van der Waals surface area contributed by atoms with Crippen molar-refractivity contribution in [1.29, 1.82) is 0 Å². The van der Waals surface area contributed by atoms with Crippen LogP contribution in [0.1, 0.15) is 16.9 Å². The third kappa shape index (κ3) is 7.47. The summed E-state index contributed by atoms with van der Waals surface area (Å²) in [6, 6.07) is 13.7. The summed E-state index contributed by atoms with van der Waals surface area (Å²) in [5.74, 6) is -0.985. The highest BCUT2D eigenvalue weighted by Crippen LogP contribution is 2.16. The Hall–Kier alpha value is -2.68. The number of amides is 1. The highest BCUT2D eigenvalue weighted by molar-refractivity contribution is 7.98. The number of benzene rings is 2. The van der Waals surface area contributed by atoms with Gasteiger partial charge in [-0.3, -0.25) is 4.79 Å². The fourth-order valence-corrected chi connectivity index (χ4v) is 3.76. The molecule has 0 bridgehead atoms. The molecule has 0 radical (unpaired) electrons. The average Bonchev–Trinajstić information content (AvgIpc) is 3.26. The van der Waals surface area contributed by atoms with Gasteiger partial charge in [0.1, 0.15) is 17.4 Å². The van der Waals surface area contributed by atoms with Crippen LogP contribution in [0, 0.1) is 11.6 Å². The van der Waals surface area contributed by atoms with Crippen molar-refractivity contribution in [3.05, 3.63) is 89.4 Å². The molecular weight excluding hydrogens is 434 g/mol. The third-order valence-corrected chi connectivity index (χ3v) is 5.69. The molecule has 8 heteroatoms. The lowest BCUT2D eigenvalue weighted by atomic mass is 10.00. The fraction of sp³-hybridized carbons (Fsp3) is 0.292. The zero-order valence-electron chi connectivity index (χ0n) is 17.7. The predicted octanol–water partition coefficient (Wildman–Crippen LogP) is 3.70. The number of aliphatic hydroxyl groups is 1. The quantitative estimate of drug-likeness (QED) is 0.381. The Kier molecular flexibility index (Phi) is 8.84. The van der Waals surface area contributed by atoms with Crippen LogP contribution < -0.4 is 10.6 Å². The van der Waals surface area contributed by atoms with Crippen molar-refractivity contribution in [3.63, 3.8) is 0 Å². The highest BCUT2D eigenvalue weighted by atomic mass is 32.2. The van der Waals surface area contributed by atoms with Gasteiger partial charge in [0, 0.05) is 17.5 Å². The first-order chi connectivity index (χ1) is 15.4. The lowest BCUT2D eigenvalue weighted by Gasteiger charge is -2.25. The molecule has 0 fully saturated rings. The van der Waals surface area contributed by atoms with E-state index in [9.17, 15) is 18.7 Å². The molecule has 0 aliphatic rings. The summed E-state index contributed by atoms with van der Waals surface area (Å²) in [6.07, 6.45) is 2.76. The summed E-state index contributed by atoms with van der Waals surface area (Å²) in [5, 5.41) is 16.6.